The number of benzene rings is 3. The molecule has 2 aliphatic rings. The molecule has 0 spiro atoms. The van der Waals surface area contributed by atoms with Crippen molar-refractivity contribution in [2.24, 2.45) is 11.8 Å². The number of phenols is 2. The molecule has 3 aromatic rings. The van der Waals surface area contributed by atoms with E-state index in [1.54, 1.807) is 24.3 Å². The van der Waals surface area contributed by atoms with Gasteiger partial charge in [-0.3, -0.25) is 0 Å². The van der Waals surface area contributed by atoms with Gasteiger partial charge in [0.2, 0.25) is 5.75 Å². The van der Waals surface area contributed by atoms with Crippen molar-refractivity contribution in [1.82, 2.24) is 0 Å². The fraction of sp³-hybridized carbons (Fsp3) is 0.419. The summed E-state index contributed by atoms with van der Waals surface area (Å²) in [7, 11) is 5.88. The van der Waals surface area contributed by atoms with Gasteiger partial charge in [-0.05, 0) is 53.1 Å². The molecular weight excluding hydrogens is 548 g/mol. The molecule has 42 heavy (non-hydrogen) atoms. The Morgan fingerprint density at radius 1 is 0.714 bits per heavy atom. The fourth-order valence-electron chi connectivity index (χ4n) is 5.73. The Hall–Kier alpha value is -3.90. The normalized spacial score (nSPS) is 22.7. The molecule has 6 atom stereocenters. The van der Waals surface area contributed by atoms with E-state index >= 15 is 0 Å². The molecule has 0 aromatic heterocycles. The molecule has 2 aliphatic heterocycles. The molecule has 2 saturated heterocycles. The maximum absolute atomic E-state index is 11.0. The minimum absolute atomic E-state index is 0.0331. The lowest BCUT2D eigenvalue weighted by Crippen LogP contribution is -2.29. The molecule has 11 nitrogen and oxygen atoms in total. The summed E-state index contributed by atoms with van der Waals surface area (Å²) in [4.78, 5) is 0. The van der Waals surface area contributed by atoms with Crippen molar-refractivity contribution in [3.63, 3.8) is 0 Å². The van der Waals surface area contributed by atoms with Crippen LogP contribution in [0.5, 0.6) is 40.2 Å². The number of hydrogen-bond acceptors (Lipinski definition) is 11. The Kier molecular flexibility index (Phi) is 8.83. The van der Waals surface area contributed by atoms with Crippen LogP contribution in [0.25, 0.3) is 0 Å². The van der Waals surface area contributed by atoms with Crippen LogP contribution in [0, 0.1) is 11.8 Å². The van der Waals surface area contributed by atoms with Gasteiger partial charge in [0.25, 0.3) is 0 Å². The van der Waals surface area contributed by atoms with Crippen molar-refractivity contribution >= 4 is 0 Å². The largest absolute Gasteiger partial charge is 0.504 e. The number of ether oxygens (including phenoxy) is 7. The Labute approximate surface area is 243 Å². The summed E-state index contributed by atoms with van der Waals surface area (Å²) in [6.07, 6.45) is -2.85. The van der Waals surface area contributed by atoms with E-state index in [9.17, 15) is 20.4 Å². The van der Waals surface area contributed by atoms with Crippen LogP contribution in [0.2, 0.25) is 0 Å². The van der Waals surface area contributed by atoms with Gasteiger partial charge >= 0.3 is 0 Å². The van der Waals surface area contributed by atoms with Crippen LogP contribution < -0.4 is 23.7 Å². The van der Waals surface area contributed by atoms with E-state index in [0.717, 1.165) is 11.1 Å². The molecule has 0 radical (unpaired) electrons. The van der Waals surface area contributed by atoms with Gasteiger partial charge in [0, 0.05) is 11.8 Å². The third kappa shape index (κ3) is 5.48. The number of hydrogen-bond donors (Lipinski definition) is 4. The SMILES string of the molecule is COc1cc([C@H](O)[C@H](CO)Oc2cc([C@@H]3OC[C@@H]4[C@H]3CO[C@H]4c3cc(OC)c(O)c(OC)c3)ccc2OC)ccc1O. The summed E-state index contributed by atoms with van der Waals surface area (Å²) >= 11 is 0. The highest BCUT2D eigenvalue weighted by Gasteiger charge is 2.48. The molecular formula is C31H36O11. The number of phenolic OH excluding ortho intramolecular Hbond substituents is 2. The van der Waals surface area contributed by atoms with E-state index in [1.807, 2.05) is 6.07 Å². The number of rotatable bonds is 11. The Bertz CT molecular complexity index is 1370. The molecule has 0 aliphatic carbocycles. The Morgan fingerprint density at radius 2 is 1.29 bits per heavy atom. The second-order valence-electron chi connectivity index (χ2n) is 10.2. The molecule has 2 fully saturated rings. The molecule has 4 N–H and O–H groups in total. The average molecular weight is 585 g/mol. The summed E-state index contributed by atoms with van der Waals surface area (Å²) in [5, 5.41) is 41.4. The third-order valence-electron chi connectivity index (χ3n) is 7.97. The Balaban J connectivity index is 1.37. The Morgan fingerprint density at radius 3 is 1.86 bits per heavy atom. The van der Waals surface area contributed by atoms with Gasteiger partial charge in [0.05, 0.1) is 60.5 Å². The maximum Gasteiger partial charge on any atom is 0.200 e. The average Bonchev–Trinajstić information content (AvgIpc) is 3.62. The van der Waals surface area contributed by atoms with Crippen LogP contribution in [0.1, 0.15) is 35.0 Å². The molecule has 0 saturated carbocycles. The van der Waals surface area contributed by atoms with Gasteiger partial charge in [0.1, 0.15) is 6.10 Å². The molecule has 0 amide bonds. The quantitative estimate of drug-likeness (QED) is 0.262. The molecule has 0 unspecified atom stereocenters. The fourth-order valence-corrected chi connectivity index (χ4v) is 5.73. The molecule has 11 heteroatoms. The molecule has 5 rings (SSSR count). The maximum atomic E-state index is 11.0. The summed E-state index contributed by atoms with van der Waals surface area (Å²) in [5.41, 5.74) is 2.06. The van der Waals surface area contributed by atoms with Crippen molar-refractivity contribution in [3.05, 3.63) is 65.2 Å². The number of aromatic hydroxyl groups is 2. The van der Waals surface area contributed by atoms with E-state index in [4.69, 9.17) is 33.2 Å². The monoisotopic (exact) mass is 584 g/mol. The third-order valence-corrected chi connectivity index (χ3v) is 7.97. The highest BCUT2D eigenvalue weighted by atomic mass is 16.5. The first-order valence-electron chi connectivity index (χ1n) is 13.5. The standard InChI is InChI=1S/C31H36O11/c1-36-22-8-6-17(10-24(22)42-27(13-32)28(34)16-5-7-21(33)23(9-16)37-2)30-19-14-41-31(20(19)15-40-30)18-11-25(38-3)29(35)26(12-18)39-4/h5-12,19-20,27-28,30-35H,13-15H2,1-4H3/t19-,20-,27+,28+,30+,31+/m1/s1. The van der Waals surface area contributed by atoms with Crippen LogP contribution >= 0.6 is 0 Å². The lowest BCUT2D eigenvalue weighted by molar-refractivity contribution is -0.00102. The predicted molar refractivity (Wildman–Crippen MR) is 150 cm³/mol. The number of aliphatic hydroxyl groups is 2. The lowest BCUT2D eigenvalue weighted by atomic mass is 9.84. The van der Waals surface area contributed by atoms with Gasteiger partial charge < -0.3 is 53.6 Å². The predicted octanol–water partition coefficient (Wildman–Crippen LogP) is 3.68. The van der Waals surface area contributed by atoms with Gasteiger partial charge in [0.15, 0.2) is 40.6 Å². The van der Waals surface area contributed by atoms with Crippen LogP contribution in [-0.4, -0.2) is 74.8 Å². The van der Waals surface area contributed by atoms with E-state index in [1.165, 1.54) is 46.6 Å². The number of methoxy groups -OCH3 is 4. The van der Waals surface area contributed by atoms with Crippen molar-refractivity contribution in [2.45, 2.75) is 24.4 Å². The molecule has 2 heterocycles. The van der Waals surface area contributed by atoms with Gasteiger partial charge in [-0.15, -0.1) is 0 Å². The van der Waals surface area contributed by atoms with Crippen molar-refractivity contribution < 1.29 is 53.6 Å². The van der Waals surface area contributed by atoms with Gasteiger partial charge in [-0.1, -0.05) is 12.1 Å². The summed E-state index contributed by atoms with van der Waals surface area (Å²) in [6, 6.07) is 13.4. The highest BCUT2D eigenvalue weighted by molar-refractivity contribution is 5.53. The minimum Gasteiger partial charge on any atom is -0.504 e. The van der Waals surface area contributed by atoms with E-state index in [0.29, 0.717) is 41.8 Å². The smallest absolute Gasteiger partial charge is 0.200 e. The summed E-state index contributed by atoms with van der Waals surface area (Å²) < 4.78 is 39.9. The first kappa shape index (κ1) is 29.6. The second kappa shape index (κ2) is 12.5. The first-order valence-corrected chi connectivity index (χ1v) is 13.5. The van der Waals surface area contributed by atoms with Gasteiger partial charge in [-0.25, -0.2) is 0 Å². The summed E-state index contributed by atoms with van der Waals surface area (Å²) in [6.45, 7) is 0.417. The lowest BCUT2D eigenvalue weighted by Gasteiger charge is -2.25. The minimum atomic E-state index is -1.23. The first-order chi connectivity index (χ1) is 20.3. The number of fused-ring (bicyclic) bond motifs is 1. The van der Waals surface area contributed by atoms with Crippen LogP contribution in [-0.2, 0) is 9.47 Å². The number of aliphatic hydroxyl groups excluding tert-OH is 2. The zero-order chi connectivity index (χ0) is 30.0. The van der Waals surface area contributed by atoms with Crippen LogP contribution in [0.15, 0.2) is 48.5 Å². The van der Waals surface area contributed by atoms with Crippen molar-refractivity contribution in [3.8, 4) is 40.2 Å². The van der Waals surface area contributed by atoms with E-state index in [-0.39, 0.29) is 41.3 Å². The highest BCUT2D eigenvalue weighted by Crippen LogP contribution is 2.52. The topological polar surface area (TPSA) is 146 Å². The molecule has 0 bridgehead atoms. The zero-order valence-corrected chi connectivity index (χ0v) is 23.9. The summed E-state index contributed by atoms with van der Waals surface area (Å²) in [5.74, 6) is 1.48. The van der Waals surface area contributed by atoms with E-state index in [2.05, 4.69) is 0 Å². The van der Waals surface area contributed by atoms with Crippen molar-refractivity contribution in [1.29, 1.82) is 0 Å². The van der Waals surface area contributed by atoms with Crippen LogP contribution in [0.4, 0.5) is 0 Å². The molecule has 226 valence electrons. The van der Waals surface area contributed by atoms with Crippen LogP contribution in [0.3, 0.4) is 0 Å². The van der Waals surface area contributed by atoms with Gasteiger partial charge in [-0.2, -0.15) is 0 Å². The zero-order valence-electron chi connectivity index (χ0n) is 23.9. The van der Waals surface area contributed by atoms with E-state index < -0.39 is 18.8 Å². The van der Waals surface area contributed by atoms with Crippen molar-refractivity contribution in [2.75, 3.05) is 48.3 Å². The molecule has 3 aromatic carbocycles. The second-order valence-corrected chi connectivity index (χ2v) is 10.2.